The molecule has 1 aliphatic rings. The standard InChI is InChI=1S/C29H27ClN2O6/c1-16(2)15-36-24-10-5-17(12-26(24)35-4)27-20-8-7-19(13-25(20)38-28(32)21(27)14-31)37-29(33)18-6-9-23(34-3)22(30)11-18/h5-13,16,27H,15,32H2,1-4H3. The van der Waals surface area contributed by atoms with Gasteiger partial charge in [0.25, 0.3) is 0 Å². The summed E-state index contributed by atoms with van der Waals surface area (Å²) < 4.78 is 27.9. The first-order valence-electron chi connectivity index (χ1n) is 11.8. The predicted octanol–water partition coefficient (Wildman–Crippen LogP) is 5.83. The molecule has 8 nitrogen and oxygen atoms in total. The van der Waals surface area contributed by atoms with Crippen LogP contribution in [0, 0.1) is 17.2 Å². The number of hydrogen-bond acceptors (Lipinski definition) is 8. The van der Waals surface area contributed by atoms with E-state index in [4.69, 9.17) is 41.0 Å². The zero-order valence-electron chi connectivity index (χ0n) is 21.4. The molecule has 0 spiro atoms. The van der Waals surface area contributed by atoms with Gasteiger partial charge in [-0.25, -0.2) is 4.79 Å². The molecular weight excluding hydrogens is 508 g/mol. The number of carbonyl (C=O) groups excluding carboxylic acids is 1. The molecule has 38 heavy (non-hydrogen) atoms. The summed E-state index contributed by atoms with van der Waals surface area (Å²) in [4.78, 5) is 12.7. The summed E-state index contributed by atoms with van der Waals surface area (Å²) in [5.74, 6) is 1.37. The lowest BCUT2D eigenvalue weighted by atomic mass is 9.83. The monoisotopic (exact) mass is 534 g/mol. The highest BCUT2D eigenvalue weighted by molar-refractivity contribution is 6.32. The molecule has 9 heteroatoms. The lowest BCUT2D eigenvalue weighted by Gasteiger charge is -2.27. The second-order valence-corrected chi connectivity index (χ2v) is 9.39. The Kier molecular flexibility index (Phi) is 7.99. The van der Waals surface area contributed by atoms with Crippen LogP contribution in [0.4, 0.5) is 0 Å². The summed E-state index contributed by atoms with van der Waals surface area (Å²) in [7, 11) is 3.05. The molecule has 1 unspecified atom stereocenters. The van der Waals surface area contributed by atoms with Gasteiger partial charge in [0, 0.05) is 11.6 Å². The molecule has 0 saturated carbocycles. The Morgan fingerprint density at radius 1 is 1.05 bits per heavy atom. The minimum atomic E-state index is -0.607. The molecule has 196 valence electrons. The summed E-state index contributed by atoms with van der Waals surface area (Å²) in [6.07, 6.45) is 0. The average molecular weight is 535 g/mol. The van der Waals surface area contributed by atoms with Gasteiger partial charge in [0.2, 0.25) is 5.88 Å². The maximum absolute atomic E-state index is 12.7. The van der Waals surface area contributed by atoms with Crippen molar-refractivity contribution in [3.63, 3.8) is 0 Å². The topological polar surface area (TPSA) is 113 Å². The predicted molar refractivity (Wildman–Crippen MR) is 142 cm³/mol. The Morgan fingerprint density at radius 2 is 1.79 bits per heavy atom. The molecule has 0 saturated heterocycles. The second kappa shape index (κ2) is 11.4. The van der Waals surface area contributed by atoms with Gasteiger partial charge in [-0.05, 0) is 47.9 Å². The van der Waals surface area contributed by atoms with Crippen LogP contribution in [0.3, 0.4) is 0 Å². The molecular formula is C29H27ClN2O6. The van der Waals surface area contributed by atoms with Crippen molar-refractivity contribution in [3.8, 4) is 34.8 Å². The number of halogens is 1. The van der Waals surface area contributed by atoms with Crippen LogP contribution in [0.15, 0.2) is 66.1 Å². The van der Waals surface area contributed by atoms with Crippen molar-refractivity contribution in [2.24, 2.45) is 11.7 Å². The van der Waals surface area contributed by atoms with Crippen LogP contribution in [-0.4, -0.2) is 26.8 Å². The van der Waals surface area contributed by atoms with Crippen LogP contribution in [0.25, 0.3) is 0 Å². The third kappa shape index (κ3) is 5.48. The zero-order valence-corrected chi connectivity index (χ0v) is 22.2. The largest absolute Gasteiger partial charge is 0.495 e. The summed E-state index contributed by atoms with van der Waals surface area (Å²) >= 11 is 6.14. The Balaban J connectivity index is 1.66. The fraction of sp³-hybridized carbons (Fsp3) is 0.241. The van der Waals surface area contributed by atoms with Crippen molar-refractivity contribution in [2.75, 3.05) is 20.8 Å². The summed E-state index contributed by atoms with van der Waals surface area (Å²) in [5, 5.41) is 10.2. The lowest BCUT2D eigenvalue weighted by molar-refractivity contribution is 0.0734. The van der Waals surface area contributed by atoms with Crippen LogP contribution in [0.5, 0.6) is 28.7 Å². The highest BCUT2D eigenvalue weighted by Crippen LogP contribution is 2.45. The average Bonchev–Trinajstić information content (AvgIpc) is 2.90. The van der Waals surface area contributed by atoms with E-state index in [1.54, 1.807) is 37.4 Å². The minimum Gasteiger partial charge on any atom is -0.495 e. The number of fused-ring (bicyclic) bond motifs is 1. The van der Waals surface area contributed by atoms with E-state index < -0.39 is 11.9 Å². The van der Waals surface area contributed by atoms with Crippen molar-refractivity contribution >= 4 is 17.6 Å². The Bertz CT molecular complexity index is 1440. The Morgan fingerprint density at radius 3 is 2.45 bits per heavy atom. The number of nitrogens with zero attached hydrogens (tertiary/aromatic N) is 1. The molecule has 2 N–H and O–H groups in total. The highest BCUT2D eigenvalue weighted by atomic mass is 35.5. The summed E-state index contributed by atoms with van der Waals surface area (Å²) in [6, 6.07) is 17.2. The van der Waals surface area contributed by atoms with Crippen molar-refractivity contribution in [1.82, 2.24) is 0 Å². The maximum Gasteiger partial charge on any atom is 0.343 e. The molecule has 1 atom stereocenters. The number of ether oxygens (including phenoxy) is 5. The van der Waals surface area contributed by atoms with Gasteiger partial charge in [0.1, 0.15) is 28.9 Å². The van der Waals surface area contributed by atoms with E-state index in [9.17, 15) is 10.1 Å². The van der Waals surface area contributed by atoms with E-state index >= 15 is 0 Å². The van der Waals surface area contributed by atoms with Crippen LogP contribution >= 0.6 is 11.6 Å². The molecule has 4 rings (SSSR count). The second-order valence-electron chi connectivity index (χ2n) is 8.98. The van der Waals surface area contributed by atoms with E-state index in [-0.39, 0.29) is 27.8 Å². The maximum atomic E-state index is 12.7. The third-order valence-electron chi connectivity index (χ3n) is 5.88. The van der Waals surface area contributed by atoms with Gasteiger partial charge in [-0.2, -0.15) is 5.26 Å². The molecule has 3 aromatic carbocycles. The normalized spacial score (nSPS) is 14.3. The fourth-order valence-corrected chi connectivity index (χ4v) is 4.30. The first-order valence-corrected chi connectivity index (χ1v) is 12.2. The van der Waals surface area contributed by atoms with Gasteiger partial charge < -0.3 is 29.4 Å². The van der Waals surface area contributed by atoms with Crippen molar-refractivity contribution in [2.45, 2.75) is 19.8 Å². The first-order chi connectivity index (χ1) is 18.2. The van der Waals surface area contributed by atoms with Gasteiger partial charge in [-0.3, -0.25) is 0 Å². The molecule has 1 aliphatic heterocycles. The molecule has 0 radical (unpaired) electrons. The van der Waals surface area contributed by atoms with Gasteiger partial charge >= 0.3 is 5.97 Å². The van der Waals surface area contributed by atoms with Crippen molar-refractivity contribution in [3.05, 3.63) is 87.8 Å². The molecule has 3 aromatic rings. The lowest BCUT2D eigenvalue weighted by Crippen LogP contribution is -2.21. The van der Waals surface area contributed by atoms with E-state index in [2.05, 4.69) is 19.9 Å². The summed E-state index contributed by atoms with van der Waals surface area (Å²) in [5.41, 5.74) is 8.10. The number of esters is 1. The van der Waals surface area contributed by atoms with Crippen molar-refractivity contribution in [1.29, 1.82) is 5.26 Å². The number of carbonyl (C=O) groups is 1. The SMILES string of the molecule is COc1ccc(C(=O)Oc2ccc3c(c2)OC(N)=C(C#N)C3c2ccc(OCC(C)C)c(OC)c2)cc1Cl. The molecule has 0 amide bonds. The van der Waals surface area contributed by atoms with Gasteiger partial charge in [-0.15, -0.1) is 0 Å². The minimum absolute atomic E-state index is 0.0329. The first kappa shape index (κ1) is 26.7. The fourth-order valence-electron chi connectivity index (χ4n) is 4.04. The summed E-state index contributed by atoms with van der Waals surface area (Å²) in [6.45, 7) is 4.66. The van der Waals surface area contributed by atoms with Crippen LogP contribution in [0.1, 0.15) is 41.3 Å². The smallest absolute Gasteiger partial charge is 0.343 e. The van der Waals surface area contributed by atoms with Gasteiger partial charge in [0.05, 0.1) is 37.3 Å². The molecule has 0 fully saturated rings. The van der Waals surface area contributed by atoms with E-state index in [1.807, 2.05) is 18.2 Å². The van der Waals surface area contributed by atoms with Crippen LogP contribution in [-0.2, 0) is 0 Å². The molecule has 0 bridgehead atoms. The van der Waals surface area contributed by atoms with Gasteiger partial charge in [0.15, 0.2) is 11.5 Å². The Hall–Kier alpha value is -4.35. The quantitative estimate of drug-likeness (QED) is 0.284. The number of allylic oxidation sites excluding steroid dienone is 1. The Labute approximate surface area is 226 Å². The third-order valence-corrected chi connectivity index (χ3v) is 6.18. The number of nitrogens with two attached hydrogens (primary N) is 1. The number of hydrogen-bond donors (Lipinski definition) is 1. The van der Waals surface area contributed by atoms with Crippen LogP contribution < -0.4 is 29.4 Å². The van der Waals surface area contributed by atoms with E-state index in [1.165, 1.54) is 13.2 Å². The molecule has 1 heterocycles. The number of benzene rings is 3. The van der Waals surface area contributed by atoms with Gasteiger partial charge in [-0.1, -0.05) is 37.6 Å². The molecule has 0 aromatic heterocycles. The van der Waals surface area contributed by atoms with E-state index in [0.29, 0.717) is 41.1 Å². The highest BCUT2D eigenvalue weighted by Gasteiger charge is 2.32. The number of methoxy groups -OCH3 is 2. The zero-order chi connectivity index (χ0) is 27.4. The number of nitriles is 1. The van der Waals surface area contributed by atoms with Crippen LogP contribution in [0.2, 0.25) is 5.02 Å². The van der Waals surface area contributed by atoms with E-state index in [0.717, 1.165) is 5.56 Å². The number of rotatable bonds is 8. The van der Waals surface area contributed by atoms with Crippen molar-refractivity contribution < 1.29 is 28.5 Å². The molecule has 0 aliphatic carbocycles.